The molecular formula is C20H18N2O. The second-order valence-corrected chi connectivity index (χ2v) is 6.14. The lowest BCUT2D eigenvalue weighted by atomic mass is 10.1. The Labute approximate surface area is 135 Å². The summed E-state index contributed by atoms with van der Waals surface area (Å²) in [6, 6.07) is 22.1. The van der Waals surface area contributed by atoms with E-state index in [2.05, 4.69) is 5.32 Å². The molecule has 23 heavy (non-hydrogen) atoms. The van der Waals surface area contributed by atoms with Crippen molar-refractivity contribution in [1.29, 1.82) is 0 Å². The molecule has 3 aromatic rings. The summed E-state index contributed by atoms with van der Waals surface area (Å²) < 4.78 is 0. The van der Waals surface area contributed by atoms with Gasteiger partial charge >= 0.3 is 0 Å². The van der Waals surface area contributed by atoms with Crippen molar-refractivity contribution in [2.45, 2.75) is 18.4 Å². The molecule has 0 aromatic heterocycles. The number of hydrogen-bond donors (Lipinski definition) is 2. The Morgan fingerprint density at radius 1 is 0.957 bits per heavy atom. The van der Waals surface area contributed by atoms with E-state index < -0.39 is 0 Å². The second kappa shape index (κ2) is 5.52. The minimum absolute atomic E-state index is 0.0911. The fourth-order valence-corrected chi connectivity index (χ4v) is 2.95. The third-order valence-electron chi connectivity index (χ3n) is 4.45. The first-order chi connectivity index (χ1) is 11.2. The van der Waals surface area contributed by atoms with Crippen LogP contribution in [-0.2, 0) is 0 Å². The summed E-state index contributed by atoms with van der Waals surface area (Å²) in [4.78, 5) is 12.4. The van der Waals surface area contributed by atoms with Crippen LogP contribution in [-0.4, -0.2) is 11.9 Å². The van der Waals surface area contributed by atoms with Crippen LogP contribution in [0.4, 0.5) is 5.69 Å². The molecule has 0 spiro atoms. The van der Waals surface area contributed by atoms with Crippen molar-refractivity contribution >= 4 is 22.4 Å². The normalized spacial score (nSPS) is 19.5. The van der Waals surface area contributed by atoms with Gasteiger partial charge in [0.15, 0.2) is 0 Å². The first kappa shape index (κ1) is 14.0. The van der Waals surface area contributed by atoms with Crippen molar-refractivity contribution in [3.63, 3.8) is 0 Å². The number of carbonyl (C=O) groups excluding carboxylic acids is 1. The Hall–Kier alpha value is -2.65. The first-order valence-electron chi connectivity index (χ1n) is 7.86. The van der Waals surface area contributed by atoms with Gasteiger partial charge in [-0.15, -0.1) is 0 Å². The van der Waals surface area contributed by atoms with Gasteiger partial charge in [-0.25, -0.2) is 0 Å². The number of anilines is 1. The molecule has 3 aromatic carbocycles. The Morgan fingerprint density at radius 3 is 2.35 bits per heavy atom. The van der Waals surface area contributed by atoms with Gasteiger partial charge in [0.2, 0.25) is 0 Å². The maximum atomic E-state index is 12.4. The molecule has 114 valence electrons. The highest BCUT2D eigenvalue weighted by Crippen LogP contribution is 2.39. The van der Waals surface area contributed by atoms with E-state index in [9.17, 15) is 4.79 Å². The second-order valence-electron chi connectivity index (χ2n) is 6.14. The van der Waals surface area contributed by atoms with E-state index in [1.54, 1.807) is 0 Å². The number of hydrogen-bond acceptors (Lipinski definition) is 2. The molecule has 3 heteroatoms. The Kier molecular flexibility index (Phi) is 3.36. The molecule has 1 fully saturated rings. The molecule has 1 aliphatic rings. The number of nitrogens with two attached hydrogens (primary N) is 1. The minimum atomic E-state index is -0.0911. The van der Waals surface area contributed by atoms with Crippen LogP contribution in [0, 0.1) is 0 Å². The molecule has 0 bridgehead atoms. The standard InChI is InChI=1S/C20H18N2O/c21-19-12-18(19)14-7-9-17(10-8-14)22-20(23)16-6-5-13-3-1-2-4-15(13)11-16/h1-11,18-19H,12,21H2,(H,22,23)/t18-,19+/m0/s1. The third-order valence-corrected chi connectivity index (χ3v) is 4.45. The van der Waals surface area contributed by atoms with E-state index in [0.29, 0.717) is 17.5 Å². The molecule has 3 N–H and O–H groups in total. The van der Waals surface area contributed by atoms with Crippen LogP contribution >= 0.6 is 0 Å². The largest absolute Gasteiger partial charge is 0.327 e. The lowest BCUT2D eigenvalue weighted by Crippen LogP contribution is -2.11. The Bertz CT molecular complexity index is 870. The van der Waals surface area contributed by atoms with E-state index in [1.165, 1.54) is 5.56 Å². The van der Waals surface area contributed by atoms with Crippen molar-refractivity contribution < 1.29 is 4.79 Å². The SMILES string of the molecule is N[C@@H]1C[C@H]1c1ccc(NC(=O)c2ccc3ccccc3c2)cc1. The highest BCUT2D eigenvalue weighted by molar-refractivity contribution is 6.06. The molecule has 0 unspecified atom stereocenters. The molecule has 0 saturated heterocycles. The Balaban J connectivity index is 1.52. The van der Waals surface area contributed by atoms with Crippen LogP contribution in [0.1, 0.15) is 28.3 Å². The van der Waals surface area contributed by atoms with Crippen molar-refractivity contribution in [1.82, 2.24) is 0 Å². The summed E-state index contributed by atoms with van der Waals surface area (Å²) in [7, 11) is 0. The smallest absolute Gasteiger partial charge is 0.255 e. The zero-order valence-corrected chi connectivity index (χ0v) is 12.7. The monoisotopic (exact) mass is 302 g/mol. The van der Waals surface area contributed by atoms with E-state index in [4.69, 9.17) is 5.73 Å². The molecule has 0 heterocycles. The fourth-order valence-electron chi connectivity index (χ4n) is 2.95. The van der Waals surface area contributed by atoms with Crippen LogP contribution in [0.25, 0.3) is 10.8 Å². The van der Waals surface area contributed by atoms with Crippen LogP contribution < -0.4 is 11.1 Å². The highest BCUT2D eigenvalue weighted by Gasteiger charge is 2.34. The Morgan fingerprint density at radius 2 is 1.65 bits per heavy atom. The fraction of sp³-hybridized carbons (Fsp3) is 0.150. The number of benzene rings is 3. The zero-order valence-electron chi connectivity index (χ0n) is 12.7. The molecule has 1 saturated carbocycles. The van der Waals surface area contributed by atoms with E-state index in [0.717, 1.165) is 22.9 Å². The van der Waals surface area contributed by atoms with Gasteiger partial charge in [-0.05, 0) is 47.0 Å². The predicted molar refractivity (Wildman–Crippen MR) is 93.7 cm³/mol. The molecule has 0 aliphatic heterocycles. The van der Waals surface area contributed by atoms with Crippen LogP contribution in [0.15, 0.2) is 66.7 Å². The number of rotatable bonds is 3. The van der Waals surface area contributed by atoms with Crippen molar-refractivity contribution in [2.24, 2.45) is 5.73 Å². The average Bonchev–Trinajstić information content (AvgIpc) is 3.32. The minimum Gasteiger partial charge on any atom is -0.327 e. The molecule has 0 radical (unpaired) electrons. The van der Waals surface area contributed by atoms with Gasteiger partial charge < -0.3 is 11.1 Å². The van der Waals surface area contributed by atoms with Crippen LogP contribution in [0.3, 0.4) is 0 Å². The van der Waals surface area contributed by atoms with E-state index in [-0.39, 0.29) is 5.91 Å². The zero-order chi connectivity index (χ0) is 15.8. The summed E-state index contributed by atoms with van der Waals surface area (Å²) in [5.74, 6) is 0.395. The highest BCUT2D eigenvalue weighted by atomic mass is 16.1. The van der Waals surface area contributed by atoms with Crippen LogP contribution in [0.2, 0.25) is 0 Å². The van der Waals surface area contributed by atoms with Gasteiger partial charge in [-0.1, -0.05) is 42.5 Å². The summed E-state index contributed by atoms with van der Waals surface area (Å²) >= 11 is 0. The van der Waals surface area contributed by atoms with Crippen molar-refractivity contribution in [2.75, 3.05) is 5.32 Å². The molecule has 1 aliphatic carbocycles. The number of nitrogens with one attached hydrogen (secondary N) is 1. The van der Waals surface area contributed by atoms with Crippen molar-refractivity contribution in [3.8, 4) is 0 Å². The number of carbonyl (C=O) groups is 1. The van der Waals surface area contributed by atoms with E-state index in [1.807, 2.05) is 66.7 Å². The van der Waals surface area contributed by atoms with E-state index >= 15 is 0 Å². The lowest BCUT2D eigenvalue weighted by molar-refractivity contribution is 0.102. The maximum Gasteiger partial charge on any atom is 0.255 e. The maximum absolute atomic E-state index is 12.4. The number of fused-ring (bicyclic) bond motifs is 1. The van der Waals surface area contributed by atoms with Gasteiger partial charge in [0.1, 0.15) is 0 Å². The summed E-state index contributed by atoms with van der Waals surface area (Å²) in [6.45, 7) is 0. The van der Waals surface area contributed by atoms with Gasteiger partial charge in [0, 0.05) is 23.2 Å². The molecular weight excluding hydrogens is 284 g/mol. The van der Waals surface area contributed by atoms with Gasteiger partial charge in [0.25, 0.3) is 5.91 Å². The van der Waals surface area contributed by atoms with Crippen molar-refractivity contribution in [3.05, 3.63) is 77.9 Å². The predicted octanol–water partition coefficient (Wildman–Crippen LogP) is 3.91. The van der Waals surface area contributed by atoms with Gasteiger partial charge in [0.05, 0.1) is 0 Å². The summed E-state index contributed by atoms with van der Waals surface area (Å²) in [5, 5.41) is 5.15. The summed E-state index contributed by atoms with van der Waals surface area (Å²) in [6.07, 6.45) is 1.06. The molecule has 4 rings (SSSR count). The summed E-state index contributed by atoms with van der Waals surface area (Å²) in [5.41, 5.74) is 8.59. The van der Waals surface area contributed by atoms with Crippen LogP contribution in [0.5, 0.6) is 0 Å². The average molecular weight is 302 g/mol. The quantitative estimate of drug-likeness (QED) is 0.771. The van der Waals surface area contributed by atoms with Gasteiger partial charge in [-0.3, -0.25) is 4.79 Å². The third kappa shape index (κ3) is 2.83. The molecule has 3 nitrogen and oxygen atoms in total. The lowest BCUT2D eigenvalue weighted by Gasteiger charge is -2.07. The molecule has 1 amide bonds. The van der Waals surface area contributed by atoms with Gasteiger partial charge in [-0.2, -0.15) is 0 Å². The first-order valence-corrected chi connectivity index (χ1v) is 7.86. The molecule has 2 atom stereocenters. The number of amides is 1. The topological polar surface area (TPSA) is 55.1 Å².